The van der Waals surface area contributed by atoms with Crippen molar-refractivity contribution in [3.05, 3.63) is 44.4 Å². The molecule has 1 aromatic carbocycles. The molecule has 1 unspecified atom stereocenters. The van der Waals surface area contributed by atoms with Crippen molar-refractivity contribution in [2.24, 2.45) is 0 Å². The van der Waals surface area contributed by atoms with Gasteiger partial charge < -0.3 is 5.32 Å². The molecule has 3 nitrogen and oxygen atoms in total. The van der Waals surface area contributed by atoms with Gasteiger partial charge in [0.2, 0.25) is 0 Å². The molecule has 1 atom stereocenters. The second kappa shape index (κ2) is 7.36. The van der Waals surface area contributed by atoms with Crippen molar-refractivity contribution in [3.8, 4) is 0 Å². The zero-order valence-corrected chi connectivity index (χ0v) is 13.8. The first-order valence-corrected chi connectivity index (χ1v) is 8.11. The summed E-state index contributed by atoms with van der Waals surface area (Å²) >= 11 is 13.7. The number of benzene rings is 1. The molecule has 0 aliphatic rings. The summed E-state index contributed by atoms with van der Waals surface area (Å²) < 4.78 is 4.08. The SMILES string of the molecule is CCCc1nnsc1C(Cc1cc(Cl)ccc1Cl)NC. The standard InChI is InChI=1S/C14H17Cl2N3S/c1-3-4-12-14(20-19-18-12)13(17-2)8-9-7-10(15)5-6-11(9)16/h5-7,13,17H,3-4,8H2,1-2H3. The summed E-state index contributed by atoms with van der Waals surface area (Å²) in [5.41, 5.74) is 2.12. The van der Waals surface area contributed by atoms with E-state index in [0.29, 0.717) is 5.02 Å². The maximum absolute atomic E-state index is 6.25. The van der Waals surface area contributed by atoms with E-state index in [-0.39, 0.29) is 6.04 Å². The minimum atomic E-state index is 0.160. The Labute approximate surface area is 133 Å². The molecule has 0 amide bonds. The van der Waals surface area contributed by atoms with Crippen LogP contribution in [0.1, 0.15) is 35.5 Å². The lowest BCUT2D eigenvalue weighted by Gasteiger charge is -2.16. The minimum Gasteiger partial charge on any atom is -0.312 e. The predicted molar refractivity (Wildman–Crippen MR) is 85.9 cm³/mol. The lowest BCUT2D eigenvalue weighted by Crippen LogP contribution is -2.19. The first kappa shape index (κ1) is 15.7. The Balaban J connectivity index is 2.24. The third kappa shape index (κ3) is 3.70. The molecule has 0 fully saturated rings. The molecule has 1 aromatic heterocycles. The lowest BCUT2D eigenvalue weighted by molar-refractivity contribution is 0.593. The lowest BCUT2D eigenvalue weighted by atomic mass is 10.0. The smallest absolute Gasteiger partial charge is 0.0803 e. The fraction of sp³-hybridized carbons (Fsp3) is 0.429. The van der Waals surface area contributed by atoms with Crippen molar-refractivity contribution in [1.29, 1.82) is 0 Å². The van der Waals surface area contributed by atoms with Crippen LogP contribution in [0.4, 0.5) is 0 Å². The van der Waals surface area contributed by atoms with Gasteiger partial charge in [0.25, 0.3) is 0 Å². The maximum Gasteiger partial charge on any atom is 0.0803 e. The van der Waals surface area contributed by atoms with Gasteiger partial charge in [-0.05, 0) is 55.2 Å². The average Bonchev–Trinajstić information content (AvgIpc) is 2.88. The summed E-state index contributed by atoms with van der Waals surface area (Å²) in [6.45, 7) is 2.14. The van der Waals surface area contributed by atoms with Gasteiger partial charge in [0.1, 0.15) is 0 Å². The molecule has 0 saturated heterocycles. The Morgan fingerprint density at radius 2 is 2.15 bits per heavy atom. The van der Waals surface area contributed by atoms with Crippen molar-refractivity contribution in [1.82, 2.24) is 14.9 Å². The summed E-state index contributed by atoms with van der Waals surface area (Å²) in [6, 6.07) is 5.72. The second-order valence-corrected chi connectivity index (χ2v) is 6.24. The van der Waals surface area contributed by atoms with Gasteiger partial charge >= 0.3 is 0 Å². The fourth-order valence-electron chi connectivity index (χ4n) is 2.14. The maximum atomic E-state index is 6.25. The molecule has 108 valence electrons. The number of aryl methyl sites for hydroxylation is 1. The second-order valence-electron chi connectivity index (χ2n) is 4.61. The number of halogens is 2. The molecule has 0 aliphatic carbocycles. The average molecular weight is 330 g/mol. The Morgan fingerprint density at radius 3 is 2.85 bits per heavy atom. The molecule has 1 heterocycles. The van der Waals surface area contributed by atoms with Gasteiger partial charge in [-0.15, -0.1) is 5.10 Å². The van der Waals surface area contributed by atoms with Gasteiger partial charge in [0, 0.05) is 16.1 Å². The Bertz CT molecular complexity index is 571. The third-order valence-electron chi connectivity index (χ3n) is 3.17. The summed E-state index contributed by atoms with van der Waals surface area (Å²) in [5.74, 6) is 0. The predicted octanol–water partition coefficient (Wildman–Crippen LogP) is 4.30. The van der Waals surface area contributed by atoms with Crippen LogP contribution < -0.4 is 5.32 Å². The topological polar surface area (TPSA) is 37.8 Å². The highest BCUT2D eigenvalue weighted by molar-refractivity contribution is 7.05. The molecule has 1 N–H and O–H groups in total. The molecule has 0 saturated carbocycles. The molecule has 0 radical (unpaired) electrons. The molecular weight excluding hydrogens is 313 g/mol. The van der Waals surface area contributed by atoms with Crippen LogP contribution in [0.5, 0.6) is 0 Å². The first-order valence-electron chi connectivity index (χ1n) is 6.58. The van der Waals surface area contributed by atoms with E-state index in [1.54, 1.807) is 6.07 Å². The number of aromatic nitrogens is 2. The Hall–Kier alpha value is -0.680. The van der Waals surface area contributed by atoms with Crippen LogP contribution in [0.15, 0.2) is 18.2 Å². The number of likely N-dealkylation sites (N-methyl/N-ethyl adjacent to an activating group) is 1. The Kier molecular flexibility index (Phi) is 5.78. The normalized spacial score (nSPS) is 12.6. The van der Waals surface area contributed by atoms with Crippen molar-refractivity contribution < 1.29 is 0 Å². The minimum absolute atomic E-state index is 0.160. The van der Waals surface area contributed by atoms with Gasteiger partial charge in [0.15, 0.2) is 0 Å². The van der Waals surface area contributed by atoms with E-state index in [4.69, 9.17) is 23.2 Å². The molecule has 0 bridgehead atoms. The molecule has 20 heavy (non-hydrogen) atoms. The Morgan fingerprint density at radius 1 is 1.35 bits per heavy atom. The fourth-order valence-corrected chi connectivity index (χ4v) is 3.33. The monoisotopic (exact) mass is 329 g/mol. The molecule has 2 rings (SSSR count). The van der Waals surface area contributed by atoms with Crippen LogP contribution in [0, 0.1) is 0 Å². The molecule has 6 heteroatoms. The van der Waals surface area contributed by atoms with Crippen molar-refractivity contribution in [3.63, 3.8) is 0 Å². The van der Waals surface area contributed by atoms with Gasteiger partial charge in [0.05, 0.1) is 10.6 Å². The van der Waals surface area contributed by atoms with Crippen LogP contribution in [-0.4, -0.2) is 16.6 Å². The van der Waals surface area contributed by atoms with Gasteiger partial charge in [-0.25, -0.2) is 0 Å². The zero-order valence-electron chi connectivity index (χ0n) is 11.5. The van der Waals surface area contributed by atoms with E-state index in [1.165, 1.54) is 16.4 Å². The number of nitrogens with zero attached hydrogens (tertiary/aromatic N) is 2. The van der Waals surface area contributed by atoms with E-state index in [0.717, 1.165) is 35.5 Å². The van der Waals surface area contributed by atoms with Gasteiger partial charge in [-0.1, -0.05) is 41.0 Å². The van der Waals surface area contributed by atoms with Crippen LogP contribution in [0.25, 0.3) is 0 Å². The number of nitrogens with one attached hydrogen (secondary N) is 1. The highest BCUT2D eigenvalue weighted by Gasteiger charge is 2.19. The largest absolute Gasteiger partial charge is 0.312 e. The number of hydrogen-bond donors (Lipinski definition) is 1. The van der Waals surface area contributed by atoms with Gasteiger partial charge in [-0.2, -0.15) is 0 Å². The first-order chi connectivity index (χ1) is 9.65. The summed E-state index contributed by atoms with van der Waals surface area (Å²) in [7, 11) is 1.94. The van der Waals surface area contributed by atoms with E-state index in [1.807, 2.05) is 19.2 Å². The number of rotatable bonds is 6. The van der Waals surface area contributed by atoms with Crippen molar-refractivity contribution >= 4 is 34.7 Å². The highest BCUT2D eigenvalue weighted by atomic mass is 35.5. The van der Waals surface area contributed by atoms with E-state index in [2.05, 4.69) is 21.8 Å². The number of hydrogen-bond acceptors (Lipinski definition) is 4. The molecule has 2 aromatic rings. The summed E-state index contributed by atoms with van der Waals surface area (Å²) in [4.78, 5) is 1.19. The van der Waals surface area contributed by atoms with E-state index >= 15 is 0 Å². The van der Waals surface area contributed by atoms with E-state index < -0.39 is 0 Å². The molecular formula is C14H17Cl2N3S. The van der Waals surface area contributed by atoms with Gasteiger partial charge in [-0.3, -0.25) is 0 Å². The van der Waals surface area contributed by atoms with E-state index in [9.17, 15) is 0 Å². The summed E-state index contributed by atoms with van der Waals surface area (Å²) in [5, 5.41) is 9.00. The van der Waals surface area contributed by atoms with Crippen molar-refractivity contribution in [2.45, 2.75) is 32.2 Å². The van der Waals surface area contributed by atoms with Crippen molar-refractivity contribution in [2.75, 3.05) is 7.05 Å². The van der Waals surface area contributed by atoms with Crippen LogP contribution in [-0.2, 0) is 12.8 Å². The summed E-state index contributed by atoms with van der Waals surface area (Å²) in [6.07, 6.45) is 2.79. The molecule has 0 spiro atoms. The zero-order chi connectivity index (χ0) is 14.5. The molecule has 0 aliphatic heterocycles. The van der Waals surface area contributed by atoms with Crippen LogP contribution >= 0.6 is 34.7 Å². The van der Waals surface area contributed by atoms with Crippen LogP contribution in [0.3, 0.4) is 0 Å². The quantitative estimate of drug-likeness (QED) is 0.858. The van der Waals surface area contributed by atoms with Crippen LogP contribution in [0.2, 0.25) is 10.0 Å². The highest BCUT2D eigenvalue weighted by Crippen LogP contribution is 2.29. The third-order valence-corrected chi connectivity index (χ3v) is 4.65.